The molecule has 0 saturated carbocycles. The van der Waals surface area contributed by atoms with Crippen LogP contribution in [0.2, 0.25) is 0 Å². The third-order valence-electron chi connectivity index (χ3n) is 2.97. The summed E-state index contributed by atoms with van der Waals surface area (Å²) in [6.45, 7) is 4.42. The first-order valence-corrected chi connectivity index (χ1v) is 7.62. The highest BCUT2D eigenvalue weighted by Gasteiger charge is 2.51. The lowest BCUT2D eigenvalue weighted by molar-refractivity contribution is -0.237. The van der Waals surface area contributed by atoms with Crippen molar-refractivity contribution in [3.63, 3.8) is 0 Å². The van der Waals surface area contributed by atoms with Crippen LogP contribution >= 0.6 is 12.6 Å². The SMILES string of the molecule is CC(=O)OC[C@H]1O[C@H](S)[C@H](OC(C)=O)[C@@H](OC(C)=O)[C@H]1OC(C)=O. The quantitative estimate of drug-likeness (QED) is 0.409. The van der Waals surface area contributed by atoms with Crippen LogP contribution in [0.25, 0.3) is 0 Å². The number of ether oxygens (including phenoxy) is 5. The number of esters is 4. The Balaban J connectivity index is 3.11. The summed E-state index contributed by atoms with van der Waals surface area (Å²) in [7, 11) is 0. The molecule has 10 heteroatoms. The third kappa shape index (κ3) is 6.00. The zero-order valence-electron chi connectivity index (χ0n) is 13.7. The summed E-state index contributed by atoms with van der Waals surface area (Å²) in [6.07, 6.45) is -4.35. The highest BCUT2D eigenvalue weighted by molar-refractivity contribution is 7.80. The van der Waals surface area contributed by atoms with Gasteiger partial charge in [0.1, 0.15) is 18.1 Å². The Morgan fingerprint density at radius 1 is 0.792 bits per heavy atom. The minimum absolute atomic E-state index is 0.255. The van der Waals surface area contributed by atoms with E-state index >= 15 is 0 Å². The zero-order chi connectivity index (χ0) is 18.4. The van der Waals surface area contributed by atoms with Gasteiger partial charge >= 0.3 is 23.9 Å². The van der Waals surface area contributed by atoms with Gasteiger partial charge in [-0.05, 0) is 0 Å². The highest BCUT2D eigenvalue weighted by atomic mass is 32.1. The second-order valence-corrected chi connectivity index (χ2v) is 5.60. The van der Waals surface area contributed by atoms with E-state index in [-0.39, 0.29) is 6.61 Å². The summed E-state index contributed by atoms with van der Waals surface area (Å²) < 4.78 is 25.8. The van der Waals surface area contributed by atoms with Gasteiger partial charge in [-0.2, -0.15) is 0 Å². The summed E-state index contributed by atoms with van der Waals surface area (Å²) >= 11 is 4.18. The van der Waals surface area contributed by atoms with Crippen molar-refractivity contribution in [2.45, 2.75) is 57.5 Å². The van der Waals surface area contributed by atoms with E-state index in [0.29, 0.717) is 0 Å². The van der Waals surface area contributed by atoms with Crippen LogP contribution in [-0.4, -0.2) is 60.3 Å². The third-order valence-corrected chi connectivity index (χ3v) is 3.38. The van der Waals surface area contributed by atoms with Gasteiger partial charge in [-0.3, -0.25) is 19.2 Å². The van der Waals surface area contributed by atoms with Crippen molar-refractivity contribution in [2.24, 2.45) is 0 Å². The van der Waals surface area contributed by atoms with E-state index in [2.05, 4.69) is 12.6 Å². The van der Waals surface area contributed by atoms with E-state index in [1.54, 1.807) is 0 Å². The van der Waals surface area contributed by atoms with Crippen molar-refractivity contribution < 1.29 is 42.9 Å². The molecule has 1 heterocycles. The molecule has 0 unspecified atom stereocenters. The summed E-state index contributed by atoms with van der Waals surface area (Å²) in [5, 5.41) is 0. The average Bonchev–Trinajstić information content (AvgIpc) is 2.42. The zero-order valence-corrected chi connectivity index (χ0v) is 14.6. The van der Waals surface area contributed by atoms with Crippen LogP contribution in [0.15, 0.2) is 0 Å². The van der Waals surface area contributed by atoms with Crippen LogP contribution in [0.4, 0.5) is 0 Å². The molecular weight excluding hydrogens is 344 g/mol. The van der Waals surface area contributed by atoms with E-state index in [9.17, 15) is 19.2 Å². The Morgan fingerprint density at radius 3 is 1.71 bits per heavy atom. The minimum atomic E-state index is -1.16. The van der Waals surface area contributed by atoms with Gasteiger partial charge < -0.3 is 23.7 Å². The van der Waals surface area contributed by atoms with Crippen molar-refractivity contribution in [2.75, 3.05) is 6.61 Å². The van der Waals surface area contributed by atoms with Crippen molar-refractivity contribution >= 4 is 36.5 Å². The van der Waals surface area contributed by atoms with Crippen molar-refractivity contribution in [3.8, 4) is 0 Å². The second-order valence-electron chi connectivity index (χ2n) is 5.09. The van der Waals surface area contributed by atoms with Gasteiger partial charge in [0.15, 0.2) is 18.3 Å². The van der Waals surface area contributed by atoms with Gasteiger partial charge in [0.2, 0.25) is 0 Å². The topological polar surface area (TPSA) is 114 Å². The first-order valence-electron chi connectivity index (χ1n) is 7.10. The maximum atomic E-state index is 11.4. The standard InChI is InChI=1S/C14H20O9S/c1-6(15)19-5-10-11(20-7(2)16)12(21-8(3)17)13(14(24)23-10)22-9(4)18/h10-14,24H,5H2,1-4H3/t10-,11+,12+,13-,14-/m1/s1. The molecule has 0 aromatic rings. The van der Waals surface area contributed by atoms with Crippen LogP contribution in [0, 0.1) is 0 Å². The Kier molecular flexibility index (Phi) is 7.49. The largest absolute Gasteiger partial charge is 0.463 e. The molecule has 1 fully saturated rings. The van der Waals surface area contributed by atoms with Gasteiger partial charge in [-0.1, -0.05) is 0 Å². The number of carbonyl (C=O) groups is 4. The van der Waals surface area contributed by atoms with E-state index < -0.39 is 53.7 Å². The molecule has 1 rings (SSSR count). The number of carbonyl (C=O) groups excluding carboxylic acids is 4. The fourth-order valence-corrected chi connectivity index (χ4v) is 2.59. The van der Waals surface area contributed by atoms with E-state index in [1.165, 1.54) is 6.92 Å². The Hall–Kier alpha value is -1.81. The molecule has 0 spiro atoms. The molecule has 0 radical (unpaired) electrons. The lowest BCUT2D eigenvalue weighted by Gasteiger charge is -2.42. The van der Waals surface area contributed by atoms with Gasteiger partial charge in [0.05, 0.1) is 0 Å². The van der Waals surface area contributed by atoms with E-state index in [4.69, 9.17) is 23.7 Å². The summed E-state index contributed by atoms with van der Waals surface area (Å²) in [4.78, 5) is 45.1. The van der Waals surface area contributed by atoms with Crippen molar-refractivity contribution in [1.29, 1.82) is 0 Å². The van der Waals surface area contributed by atoms with Gasteiger partial charge in [-0.25, -0.2) is 0 Å². The van der Waals surface area contributed by atoms with E-state index in [0.717, 1.165) is 20.8 Å². The summed E-state index contributed by atoms with van der Waals surface area (Å²) in [5.41, 5.74) is -0.981. The lowest BCUT2D eigenvalue weighted by atomic mass is 9.99. The predicted octanol–water partition coefficient (Wildman–Crippen LogP) is -0.000700. The molecule has 1 aliphatic rings. The lowest BCUT2D eigenvalue weighted by Crippen LogP contribution is -2.61. The van der Waals surface area contributed by atoms with Gasteiger partial charge in [-0.15, -0.1) is 12.6 Å². The average molecular weight is 364 g/mol. The molecule has 0 amide bonds. The molecule has 0 aliphatic carbocycles. The van der Waals surface area contributed by atoms with Crippen LogP contribution < -0.4 is 0 Å². The van der Waals surface area contributed by atoms with Crippen LogP contribution in [0.3, 0.4) is 0 Å². The Labute approximate surface area is 144 Å². The van der Waals surface area contributed by atoms with Crippen molar-refractivity contribution in [1.82, 2.24) is 0 Å². The number of rotatable bonds is 5. The van der Waals surface area contributed by atoms with Gasteiger partial charge in [0, 0.05) is 27.7 Å². The number of hydrogen-bond acceptors (Lipinski definition) is 10. The molecule has 9 nitrogen and oxygen atoms in total. The normalized spacial score (nSPS) is 29.3. The number of thiol groups is 1. The molecule has 24 heavy (non-hydrogen) atoms. The molecule has 136 valence electrons. The smallest absolute Gasteiger partial charge is 0.303 e. The molecule has 1 aliphatic heterocycles. The van der Waals surface area contributed by atoms with Crippen LogP contribution in [-0.2, 0) is 42.9 Å². The molecule has 0 bridgehead atoms. The van der Waals surface area contributed by atoms with Crippen LogP contribution in [0.5, 0.6) is 0 Å². The summed E-state index contributed by atoms with van der Waals surface area (Å²) in [6, 6.07) is 0. The molecule has 0 aromatic heterocycles. The first-order chi connectivity index (χ1) is 11.1. The fraction of sp³-hybridized carbons (Fsp3) is 0.714. The summed E-state index contributed by atoms with van der Waals surface area (Å²) in [5.74, 6) is -2.57. The maximum Gasteiger partial charge on any atom is 0.303 e. The Bertz CT molecular complexity index is 506. The van der Waals surface area contributed by atoms with Gasteiger partial charge in [0.25, 0.3) is 0 Å². The molecule has 5 atom stereocenters. The fourth-order valence-electron chi connectivity index (χ4n) is 2.21. The molecule has 0 N–H and O–H groups in total. The van der Waals surface area contributed by atoms with Crippen molar-refractivity contribution in [3.05, 3.63) is 0 Å². The molecule has 0 aromatic carbocycles. The molecule has 1 saturated heterocycles. The van der Waals surface area contributed by atoms with Crippen LogP contribution in [0.1, 0.15) is 27.7 Å². The first kappa shape index (κ1) is 20.2. The maximum absolute atomic E-state index is 11.4. The van der Waals surface area contributed by atoms with E-state index in [1.807, 2.05) is 0 Å². The number of hydrogen-bond donors (Lipinski definition) is 1. The monoisotopic (exact) mass is 364 g/mol. The minimum Gasteiger partial charge on any atom is -0.463 e. The molecular formula is C14H20O9S. The second kappa shape index (κ2) is 8.88. The predicted molar refractivity (Wildman–Crippen MR) is 80.9 cm³/mol. The highest BCUT2D eigenvalue weighted by Crippen LogP contribution is 2.30. The Morgan fingerprint density at radius 2 is 1.25 bits per heavy atom.